The van der Waals surface area contributed by atoms with Gasteiger partial charge in [0.15, 0.2) is 5.78 Å². The second-order valence-electron chi connectivity index (χ2n) is 5.24. The molecular formula is C14H24O2. The molecule has 0 aliphatic heterocycles. The molecule has 0 spiro atoms. The summed E-state index contributed by atoms with van der Waals surface area (Å²) in [7, 11) is 0. The van der Waals surface area contributed by atoms with Gasteiger partial charge in [0.1, 0.15) is 0 Å². The molecule has 0 aromatic heterocycles. The summed E-state index contributed by atoms with van der Waals surface area (Å²) in [5.74, 6) is 0.813. The topological polar surface area (TPSA) is 37.3 Å². The molecule has 92 valence electrons. The maximum atomic E-state index is 11.6. The fourth-order valence-corrected chi connectivity index (χ4v) is 2.08. The first-order chi connectivity index (χ1) is 7.59. The van der Waals surface area contributed by atoms with Gasteiger partial charge in [-0.25, -0.2) is 0 Å². The standard InChI is InChI=1S/C14H24O2/c1-11(2)14(16)10-13(15)9-8-12-6-4-3-5-7-12/h8-9,11-12,14,16H,3-7,10H2,1-2H3/b9-8+. The molecule has 0 aromatic carbocycles. The van der Waals surface area contributed by atoms with E-state index >= 15 is 0 Å². The molecular weight excluding hydrogens is 200 g/mol. The Morgan fingerprint density at radius 1 is 1.31 bits per heavy atom. The summed E-state index contributed by atoms with van der Waals surface area (Å²) < 4.78 is 0. The summed E-state index contributed by atoms with van der Waals surface area (Å²) in [5, 5.41) is 9.58. The Balaban J connectivity index is 2.29. The highest BCUT2D eigenvalue weighted by Gasteiger charge is 2.14. The maximum Gasteiger partial charge on any atom is 0.157 e. The fourth-order valence-electron chi connectivity index (χ4n) is 2.08. The summed E-state index contributed by atoms with van der Waals surface area (Å²) in [5.41, 5.74) is 0. The minimum absolute atomic E-state index is 0.0618. The lowest BCUT2D eigenvalue weighted by atomic mass is 9.88. The molecule has 16 heavy (non-hydrogen) atoms. The molecule has 1 aliphatic rings. The highest BCUT2D eigenvalue weighted by molar-refractivity contribution is 5.89. The van der Waals surface area contributed by atoms with E-state index in [9.17, 15) is 9.90 Å². The van der Waals surface area contributed by atoms with Crippen LogP contribution in [0.25, 0.3) is 0 Å². The van der Waals surface area contributed by atoms with Crippen molar-refractivity contribution in [2.24, 2.45) is 11.8 Å². The largest absolute Gasteiger partial charge is 0.392 e. The fraction of sp³-hybridized carbons (Fsp3) is 0.786. The summed E-state index contributed by atoms with van der Waals surface area (Å²) >= 11 is 0. The summed E-state index contributed by atoms with van der Waals surface area (Å²) in [6.45, 7) is 3.87. The van der Waals surface area contributed by atoms with Gasteiger partial charge in [-0.2, -0.15) is 0 Å². The Bertz CT molecular complexity index is 237. The minimum atomic E-state index is -0.497. The lowest BCUT2D eigenvalue weighted by Gasteiger charge is -2.17. The zero-order valence-corrected chi connectivity index (χ0v) is 10.5. The summed E-state index contributed by atoms with van der Waals surface area (Å²) in [4.78, 5) is 11.6. The summed E-state index contributed by atoms with van der Waals surface area (Å²) in [6, 6.07) is 0. The molecule has 0 aromatic rings. The Morgan fingerprint density at radius 3 is 2.50 bits per heavy atom. The highest BCUT2D eigenvalue weighted by atomic mass is 16.3. The number of allylic oxidation sites excluding steroid dienone is 2. The third kappa shape index (κ3) is 4.93. The lowest BCUT2D eigenvalue weighted by molar-refractivity contribution is -0.117. The third-order valence-corrected chi connectivity index (χ3v) is 3.38. The van der Waals surface area contributed by atoms with Crippen molar-refractivity contribution in [3.05, 3.63) is 12.2 Å². The molecule has 0 radical (unpaired) electrons. The van der Waals surface area contributed by atoms with Crippen molar-refractivity contribution in [2.45, 2.75) is 58.5 Å². The Morgan fingerprint density at radius 2 is 1.94 bits per heavy atom. The molecule has 0 saturated heterocycles. The second kappa shape index (κ2) is 6.85. The second-order valence-corrected chi connectivity index (χ2v) is 5.24. The monoisotopic (exact) mass is 224 g/mol. The third-order valence-electron chi connectivity index (χ3n) is 3.38. The van der Waals surface area contributed by atoms with E-state index in [0.717, 1.165) is 0 Å². The van der Waals surface area contributed by atoms with Crippen LogP contribution in [0.4, 0.5) is 0 Å². The van der Waals surface area contributed by atoms with Crippen LogP contribution in [-0.2, 0) is 4.79 Å². The van der Waals surface area contributed by atoms with Crippen molar-refractivity contribution >= 4 is 5.78 Å². The quantitative estimate of drug-likeness (QED) is 0.729. The lowest BCUT2D eigenvalue weighted by Crippen LogP contribution is -2.18. The van der Waals surface area contributed by atoms with Crippen LogP contribution in [0, 0.1) is 11.8 Å². The molecule has 1 fully saturated rings. The molecule has 2 nitrogen and oxygen atoms in total. The van der Waals surface area contributed by atoms with Gasteiger partial charge in [0.25, 0.3) is 0 Å². The number of rotatable bonds is 5. The van der Waals surface area contributed by atoms with Crippen molar-refractivity contribution in [3.8, 4) is 0 Å². The molecule has 0 heterocycles. The van der Waals surface area contributed by atoms with E-state index in [1.807, 2.05) is 13.8 Å². The number of hydrogen-bond acceptors (Lipinski definition) is 2. The number of ketones is 1. The average Bonchev–Trinajstić information content (AvgIpc) is 2.27. The average molecular weight is 224 g/mol. The zero-order chi connectivity index (χ0) is 12.0. The molecule has 1 unspecified atom stereocenters. The van der Waals surface area contributed by atoms with E-state index in [-0.39, 0.29) is 18.1 Å². The van der Waals surface area contributed by atoms with Gasteiger partial charge in [-0.05, 0) is 30.8 Å². The van der Waals surface area contributed by atoms with Gasteiger partial charge >= 0.3 is 0 Å². The first-order valence-electron chi connectivity index (χ1n) is 6.48. The van der Waals surface area contributed by atoms with Crippen LogP contribution in [0.2, 0.25) is 0 Å². The maximum absolute atomic E-state index is 11.6. The van der Waals surface area contributed by atoms with E-state index in [2.05, 4.69) is 6.08 Å². The molecule has 1 rings (SSSR count). The van der Waals surface area contributed by atoms with Gasteiger partial charge in [0.05, 0.1) is 6.10 Å². The van der Waals surface area contributed by atoms with E-state index < -0.39 is 6.10 Å². The first-order valence-corrected chi connectivity index (χ1v) is 6.48. The zero-order valence-electron chi connectivity index (χ0n) is 10.5. The van der Waals surface area contributed by atoms with Gasteiger partial charge in [0, 0.05) is 6.42 Å². The van der Waals surface area contributed by atoms with E-state index in [1.165, 1.54) is 32.1 Å². The van der Waals surface area contributed by atoms with Gasteiger partial charge in [-0.3, -0.25) is 4.79 Å². The molecule has 1 atom stereocenters. The van der Waals surface area contributed by atoms with Crippen LogP contribution in [0.3, 0.4) is 0 Å². The van der Waals surface area contributed by atoms with E-state index in [1.54, 1.807) is 6.08 Å². The minimum Gasteiger partial charge on any atom is -0.392 e. The Hall–Kier alpha value is -0.630. The molecule has 2 heteroatoms. The summed E-state index contributed by atoms with van der Waals surface area (Å²) in [6.07, 6.45) is 9.85. The van der Waals surface area contributed by atoms with Crippen molar-refractivity contribution in [3.63, 3.8) is 0 Å². The van der Waals surface area contributed by atoms with Crippen molar-refractivity contribution in [2.75, 3.05) is 0 Å². The Kier molecular flexibility index (Phi) is 5.75. The molecule has 1 saturated carbocycles. The molecule has 0 amide bonds. The van der Waals surface area contributed by atoms with Crippen LogP contribution in [-0.4, -0.2) is 17.0 Å². The molecule has 1 N–H and O–H groups in total. The number of aliphatic hydroxyl groups excluding tert-OH is 1. The first kappa shape index (κ1) is 13.4. The number of carbonyl (C=O) groups excluding carboxylic acids is 1. The van der Waals surface area contributed by atoms with E-state index in [4.69, 9.17) is 0 Å². The number of aliphatic hydroxyl groups is 1. The van der Waals surface area contributed by atoms with Crippen LogP contribution in [0.5, 0.6) is 0 Å². The van der Waals surface area contributed by atoms with Crippen molar-refractivity contribution < 1.29 is 9.90 Å². The number of hydrogen-bond donors (Lipinski definition) is 1. The Labute approximate surface area is 98.7 Å². The smallest absolute Gasteiger partial charge is 0.157 e. The molecule has 1 aliphatic carbocycles. The molecule has 0 bridgehead atoms. The van der Waals surface area contributed by atoms with Crippen LogP contribution in [0.1, 0.15) is 52.4 Å². The predicted octanol–water partition coefficient (Wildman–Crippen LogP) is 3.10. The van der Waals surface area contributed by atoms with Crippen LogP contribution >= 0.6 is 0 Å². The van der Waals surface area contributed by atoms with Crippen LogP contribution < -0.4 is 0 Å². The normalized spacial score (nSPS) is 20.5. The van der Waals surface area contributed by atoms with Gasteiger partial charge in [0.2, 0.25) is 0 Å². The predicted molar refractivity (Wildman–Crippen MR) is 66.2 cm³/mol. The van der Waals surface area contributed by atoms with Crippen molar-refractivity contribution in [1.82, 2.24) is 0 Å². The van der Waals surface area contributed by atoms with Crippen molar-refractivity contribution in [1.29, 1.82) is 0 Å². The number of carbonyl (C=O) groups is 1. The van der Waals surface area contributed by atoms with Gasteiger partial charge in [-0.1, -0.05) is 39.2 Å². The van der Waals surface area contributed by atoms with Crippen LogP contribution in [0.15, 0.2) is 12.2 Å². The van der Waals surface area contributed by atoms with Gasteiger partial charge < -0.3 is 5.11 Å². The van der Waals surface area contributed by atoms with Gasteiger partial charge in [-0.15, -0.1) is 0 Å². The van der Waals surface area contributed by atoms with E-state index in [0.29, 0.717) is 5.92 Å². The SMILES string of the molecule is CC(C)C(O)CC(=O)/C=C/C1CCCCC1. The highest BCUT2D eigenvalue weighted by Crippen LogP contribution is 2.24.